The highest BCUT2D eigenvalue weighted by molar-refractivity contribution is 7.88. The van der Waals surface area contributed by atoms with Crippen LogP contribution in [0.4, 0.5) is 4.39 Å². The molecule has 4 atom stereocenters. The predicted molar refractivity (Wildman–Crippen MR) is 200 cm³/mol. The summed E-state index contributed by atoms with van der Waals surface area (Å²) in [5.74, 6) is 0.991. The third-order valence-corrected chi connectivity index (χ3v) is 15.5. The Morgan fingerprint density at radius 2 is 1.71 bits per heavy atom. The average molecular weight is 740 g/mol. The number of hydrogen-bond acceptors (Lipinski definition) is 5. The van der Waals surface area contributed by atoms with E-state index in [4.69, 9.17) is 11.6 Å². The maximum atomic E-state index is 15.0. The van der Waals surface area contributed by atoms with Crippen LogP contribution in [0.3, 0.4) is 0 Å². The second-order valence-corrected chi connectivity index (χ2v) is 20.1. The topological polar surface area (TPSA) is 94.9 Å². The number of aliphatic hydroxyl groups is 2. The largest absolute Gasteiger partial charge is 0.393 e. The number of carbonyl (C=O) groups excluding carboxylic acids is 1. The molecule has 9 heteroatoms. The third-order valence-electron chi connectivity index (χ3n) is 14.0. The minimum atomic E-state index is -3.64. The van der Waals surface area contributed by atoms with Crippen LogP contribution in [0.5, 0.6) is 0 Å². The Morgan fingerprint density at radius 1 is 1.02 bits per heavy atom. The number of halogens is 2. The molecule has 0 radical (unpaired) electrons. The normalized spacial score (nSPS) is 35.1. The molecule has 278 valence electrons. The van der Waals surface area contributed by atoms with Gasteiger partial charge < -0.3 is 10.2 Å². The highest BCUT2D eigenvalue weighted by atomic mass is 35.5. The van der Waals surface area contributed by atoms with Gasteiger partial charge in [-0.25, -0.2) is 12.8 Å². The second kappa shape index (κ2) is 14.0. The quantitative estimate of drug-likeness (QED) is 0.210. The zero-order valence-corrected chi connectivity index (χ0v) is 32.0. The molecule has 7 aliphatic carbocycles. The Labute approximate surface area is 308 Å². The Bertz CT molecular complexity index is 1750. The number of allylic oxidation sites excluding steroid dienone is 2. The Hall–Kier alpha value is -2.10. The summed E-state index contributed by atoms with van der Waals surface area (Å²) in [5, 5.41) is 24.1. The smallest absolute Gasteiger partial charge is 0.211 e. The molecule has 0 saturated heterocycles. The fourth-order valence-electron chi connectivity index (χ4n) is 11.6. The van der Waals surface area contributed by atoms with Gasteiger partial charge in [0.25, 0.3) is 0 Å². The fraction of sp³-hybridized carbons (Fsp3) is 0.643. The van der Waals surface area contributed by atoms with Crippen molar-refractivity contribution in [3.05, 3.63) is 81.1 Å². The molecule has 6 nitrogen and oxygen atoms in total. The number of hydrogen-bond donors (Lipinski definition) is 2. The van der Waals surface area contributed by atoms with Crippen molar-refractivity contribution in [3.63, 3.8) is 0 Å². The standard InChI is InChI=1S/C42H55ClFNO5S/c1-27-6-5-14-40(2)36(13-15-42(40,48)26-45(51(3,49)50)25-41-22-29-16-30(23-41)18-31(17-29)24-41)33-12-10-28(19-32(46)11-9-27)20-34(33)39(47)21-35-37(43)7-4-8-38(35)44/h4,6-8,10,12,20,29-32,36,46,48H,5,9,11,13-19,21-26H2,1-3H3. The van der Waals surface area contributed by atoms with Crippen LogP contribution in [0.1, 0.15) is 124 Å². The van der Waals surface area contributed by atoms with Crippen molar-refractivity contribution in [3.8, 4) is 0 Å². The summed E-state index contributed by atoms with van der Waals surface area (Å²) < 4.78 is 43.9. The van der Waals surface area contributed by atoms with Crippen LogP contribution in [0.25, 0.3) is 0 Å². The molecule has 5 saturated carbocycles. The van der Waals surface area contributed by atoms with E-state index in [9.17, 15) is 27.8 Å². The van der Waals surface area contributed by atoms with Crippen molar-refractivity contribution in [1.29, 1.82) is 0 Å². The van der Waals surface area contributed by atoms with Gasteiger partial charge in [-0.05, 0) is 149 Å². The Morgan fingerprint density at radius 3 is 2.35 bits per heavy atom. The second-order valence-electron chi connectivity index (χ2n) is 17.7. The van der Waals surface area contributed by atoms with Gasteiger partial charge in [0.05, 0.1) is 18.0 Å². The number of rotatable bonds is 8. The van der Waals surface area contributed by atoms with Gasteiger partial charge in [0.15, 0.2) is 5.78 Å². The van der Waals surface area contributed by atoms with Crippen LogP contribution in [0.15, 0.2) is 48.0 Å². The molecule has 0 spiro atoms. The van der Waals surface area contributed by atoms with Crippen LogP contribution >= 0.6 is 11.6 Å². The number of fused-ring (bicyclic) bond motifs is 8. The first-order valence-electron chi connectivity index (χ1n) is 19.2. The minimum Gasteiger partial charge on any atom is -0.393 e. The molecule has 5 fully saturated rings. The van der Waals surface area contributed by atoms with E-state index in [0.717, 1.165) is 36.8 Å². The lowest BCUT2D eigenvalue weighted by molar-refractivity contribution is -0.0919. The van der Waals surface area contributed by atoms with Crippen molar-refractivity contribution in [2.45, 2.75) is 121 Å². The highest BCUT2D eigenvalue weighted by Crippen LogP contribution is 2.62. The van der Waals surface area contributed by atoms with E-state index in [0.29, 0.717) is 68.4 Å². The molecular formula is C42H55ClFNO5S. The van der Waals surface area contributed by atoms with Gasteiger partial charge in [-0.3, -0.25) is 4.79 Å². The monoisotopic (exact) mass is 739 g/mol. The van der Waals surface area contributed by atoms with Crippen LogP contribution < -0.4 is 0 Å². The van der Waals surface area contributed by atoms with E-state index in [1.54, 1.807) is 10.4 Å². The van der Waals surface area contributed by atoms with Crippen LogP contribution in [-0.4, -0.2) is 59.8 Å². The summed E-state index contributed by atoms with van der Waals surface area (Å²) in [6.07, 6.45) is 13.7. The van der Waals surface area contributed by atoms with Crippen molar-refractivity contribution in [2.24, 2.45) is 28.6 Å². The lowest BCUT2D eigenvalue weighted by atomic mass is 9.49. The summed E-state index contributed by atoms with van der Waals surface area (Å²) in [4.78, 5) is 14.3. The van der Waals surface area contributed by atoms with Crippen LogP contribution in [-0.2, 0) is 22.9 Å². The Kier molecular flexibility index (Phi) is 10.2. The molecule has 0 aliphatic heterocycles. The van der Waals surface area contributed by atoms with E-state index in [1.165, 1.54) is 43.2 Å². The molecule has 51 heavy (non-hydrogen) atoms. The maximum Gasteiger partial charge on any atom is 0.211 e. The lowest BCUT2D eigenvalue weighted by Gasteiger charge is -2.58. The molecule has 7 aliphatic rings. The molecule has 6 bridgehead atoms. The lowest BCUT2D eigenvalue weighted by Crippen LogP contribution is -2.57. The highest BCUT2D eigenvalue weighted by Gasteiger charge is 2.59. The van der Waals surface area contributed by atoms with Gasteiger partial charge in [-0.1, -0.05) is 48.4 Å². The summed E-state index contributed by atoms with van der Waals surface area (Å²) in [5.41, 5.74) is 1.25. The van der Waals surface area contributed by atoms with E-state index < -0.39 is 33.0 Å². The predicted octanol–water partition coefficient (Wildman–Crippen LogP) is 8.42. The molecule has 2 N–H and O–H groups in total. The number of sulfonamides is 1. The van der Waals surface area contributed by atoms with Gasteiger partial charge in [0.2, 0.25) is 10.0 Å². The number of benzene rings is 2. The molecule has 4 unspecified atom stereocenters. The van der Waals surface area contributed by atoms with Crippen molar-refractivity contribution < 1.29 is 27.8 Å². The minimum absolute atomic E-state index is 0.0236. The van der Waals surface area contributed by atoms with Crippen LogP contribution in [0, 0.1) is 34.4 Å². The number of carbonyl (C=O) groups is 1. The fourth-order valence-corrected chi connectivity index (χ4v) is 12.8. The van der Waals surface area contributed by atoms with Crippen LogP contribution in [0.2, 0.25) is 5.02 Å². The van der Waals surface area contributed by atoms with E-state index in [2.05, 4.69) is 19.9 Å². The number of aliphatic hydroxyl groups excluding tert-OH is 1. The summed E-state index contributed by atoms with van der Waals surface area (Å²) in [6.45, 7) is 4.66. The third kappa shape index (κ3) is 7.38. The molecular weight excluding hydrogens is 685 g/mol. The number of ketones is 1. The van der Waals surface area contributed by atoms with E-state index in [1.807, 2.05) is 18.2 Å². The zero-order chi connectivity index (χ0) is 36.3. The van der Waals surface area contributed by atoms with Gasteiger partial charge >= 0.3 is 0 Å². The summed E-state index contributed by atoms with van der Waals surface area (Å²) in [6, 6.07) is 10.2. The van der Waals surface area contributed by atoms with E-state index in [-0.39, 0.29) is 40.7 Å². The zero-order valence-electron chi connectivity index (χ0n) is 30.5. The van der Waals surface area contributed by atoms with Gasteiger partial charge in [-0.2, -0.15) is 4.31 Å². The van der Waals surface area contributed by atoms with Gasteiger partial charge in [0, 0.05) is 41.1 Å². The molecule has 0 amide bonds. The average Bonchev–Trinajstić information content (AvgIpc) is 3.29. The summed E-state index contributed by atoms with van der Waals surface area (Å²) in [7, 11) is -3.64. The Balaban J connectivity index is 1.27. The van der Waals surface area contributed by atoms with Gasteiger partial charge in [0.1, 0.15) is 5.82 Å². The molecule has 9 rings (SSSR count). The van der Waals surface area contributed by atoms with Crippen molar-refractivity contribution >= 4 is 27.4 Å². The molecule has 2 aromatic rings. The molecule has 2 aromatic carbocycles. The first-order valence-corrected chi connectivity index (χ1v) is 21.4. The molecule has 0 aromatic heterocycles. The number of nitrogens with zero attached hydrogens (tertiary/aromatic N) is 1. The maximum absolute atomic E-state index is 15.0. The van der Waals surface area contributed by atoms with E-state index >= 15 is 0 Å². The van der Waals surface area contributed by atoms with Crippen molar-refractivity contribution in [2.75, 3.05) is 19.3 Å². The first kappa shape index (κ1) is 37.2. The number of Topliss-reactive ketones (excluding diaryl/α,β-unsaturated/α-hetero) is 1. The SMILES string of the molecule is CC1=CCCC2(C)C(CCC2(O)CN(CC23CC4CC(CC(C4)C2)C3)S(C)(=O)=O)c2ccc(cc2C(=O)Cc2c(F)cccc2Cl)CC(O)CC1. The first-order chi connectivity index (χ1) is 24.1. The van der Waals surface area contributed by atoms with Crippen molar-refractivity contribution in [1.82, 2.24) is 4.31 Å². The molecule has 0 heterocycles. The summed E-state index contributed by atoms with van der Waals surface area (Å²) >= 11 is 6.38. The van der Waals surface area contributed by atoms with Gasteiger partial charge in [-0.15, -0.1) is 0 Å².